The van der Waals surface area contributed by atoms with E-state index in [-0.39, 0.29) is 11.9 Å². The molecule has 1 aliphatic rings. The minimum Gasteiger partial charge on any atom is -0.457 e. The number of hydrogen-bond acceptors (Lipinski definition) is 7. The van der Waals surface area contributed by atoms with Gasteiger partial charge in [-0.2, -0.15) is 5.10 Å². The van der Waals surface area contributed by atoms with Gasteiger partial charge in [0.1, 0.15) is 29.3 Å². The topological polar surface area (TPSA) is 108 Å². The van der Waals surface area contributed by atoms with Crippen molar-refractivity contribution in [2.45, 2.75) is 18.9 Å². The van der Waals surface area contributed by atoms with Gasteiger partial charge in [0.2, 0.25) is 5.91 Å². The average Bonchev–Trinajstić information content (AvgIpc) is 3.31. The summed E-state index contributed by atoms with van der Waals surface area (Å²) < 4.78 is 12.8. The lowest BCUT2D eigenvalue weighted by atomic mass is 10.1. The van der Waals surface area contributed by atoms with Crippen LogP contribution >= 0.6 is 0 Å². The van der Waals surface area contributed by atoms with Crippen molar-refractivity contribution in [1.82, 2.24) is 24.6 Å². The molecule has 9 nitrogen and oxygen atoms in total. The first-order chi connectivity index (χ1) is 17.6. The van der Waals surface area contributed by atoms with Crippen molar-refractivity contribution in [3.8, 4) is 22.8 Å². The van der Waals surface area contributed by atoms with Crippen LogP contribution in [0.25, 0.3) is 22.3 Å². The van der Waals surface area contributed by atoms with E-state index in [4.69, 9.17) is 20.3 Å². The number of nitrogens with zero attached hydrogens (tertiary/aromatic N) is 5. The summed E-state index contributed by atoms with van der Waals surface area (Å²) in [5.74, 6) is 1.83. The molecule has 0 saturated carbocycles. The highest BCUT2D eigenvalue weighted by molar-refractivity contribution is 5.98. The Hall–Kier alpha value is -4.24. The molecule has 1 fully saturated rings. The molecule has 1 amide bonds. The summed E-state index contributed by atoms with van der Waals surface area (Å²) in [5.41, 5.74) is 8.55. The largest absolute Gasteiger partial charge is 0.457 e. The van der Waals surface area contributed by atoms with Crippen molar-refractivity contribution in [2.24, 2.45) is 0 Å². The Labute approximate surface area is 209 Å². The second-order valence-corrected chi connectivity index (χ2v) is 8.63. The van der Waals surface area contributed by atoms with Crippen LogP contribution in [0.15, 0.2) is 73.1 Å². The van der Waals surface area contributed by atoms with Crippen molar-refractivity contribution < 1.29 is 14.3 Å². The van der Waals surface area contributed by atoms with E-state index >= 15 is 0 Å². The van der Waals surface area contributed by atoms with Crippen LogP contribution in [-0.4, -0.2) is 57.4 Å². The molecule has 184 valence electrons. The number of fused-ring (bicyclic) bond motifs is 1. The highest BCUT2D eigenvalue weighted by atomic mass is 16.5. The van der Waals surface area contributed by atoms with Crippen LogP contribution in [0.2, 0.25) is 0 Å². The molecule has 1 aliphatic heterocycles. The van der Waals surface area contributed by atoms with Crippen LogP contribution in [-0.2, 0) is 9.53 Å². The average molecular weight is 485 g/mol. The van der Waals surface area contributed by atoms with Gasteiger partial charge in [-0.3, -0.25) is 4.79 Å². The number of nitrogens with two attached hydrogens (primary N) is 1. The Bertz CT molecular complexity index is 1370. The van der Waals surface area contributed by atoms with Crippen molar-refractivity contribution in [3.63, 3.8) is 0 Å². The van der Waals surface area contributed by atoms with Crippen molar-refractivity contribution >= 4 is 22.8 Å². The van der Waals surface area contributed by atoms with Gasteiger partial charge in [-0.25, -0.2) is 14.6 Å². The van der Waals surface area contributed by atoms with Gasteiger partial charge in [0.15, 0.2) is 5.65 Å². The van der Waals surface area contributed by atoms with E-state index in [0.717, 1.165) is 29.9 Å². The van der Waals surface area contributed by atoms with Crippen LogP contribution in [0, 0.1) is 0 Å². The first kappa shape index (κ1) is 23.5. The van der Waals surface area contributed by atoms with Crippen molar-refractivity contribution in [2.75, 3.05) is 32.5 Å². The van der Waals surface area contributed by atoms with Crippen LogP contribution in [0.5, 0.6) is 11.5 Å². The number of rotatable bonds is 7. The maximum Gasteiger partial charge on any atom is 0.246 e. The first-order valence-electron chi connectivity index (χ1n) is 11.9. The molecule has 2 aromatic carbocycles. The van der Waals surface area contributed by atoms with Gasteiger partial charge in [0, 0.05) is 31.8 Å². The SMILES string of the molecule is COC/C=C/C(=O)N1CCC[C@@H](n2nc(-c3ccc(Oc4ccccc4)cc3)c3c(N)ncnc32)C1. The van der Waals surface area contributed by atoms with E-state index in [9.17, 15) is 4.79 Å². The molecule has 9 heteroatoms. The van der Waals surface area contributed by atoms with E-state index < -0.39 is 0 Å². The summed E-state index contributed by atoms with van der Waals surface area (Å²) in [4.78, 5) is 23.2. The maximum atomic E-state index is 12.7. The zero-order valence-corrected chi connectivity index (χ0v) is 20.1. The van der Waals surface area contributed by atoms with Gasteiger partial charge in [-0.05, 0) is 49.2 Å². The van der Waals surface area contributed by atoms with Gasteiger partial charge in [0.05, 0.1) is 18.0 Å². The second-order valence-electron chi connectivity index (χ2n) is 8.63. The molecule has 0 bridgehead atoms. The Morgan fingerprint density at radius 3 is 2.67 bits per heavy atom. The van der Waals surface area contributed by atoms with Gasteiger partial charge in [0.25, 0.3) is 0 Å². The number of amides is 1. The second kappa shape index (κ2) is 10.6. The lowest BCUT2D eigenvalue weighted by Gasteiger charge is -2.32. The Balaban J connectivity index is 1.44. The number of carbonyl (C=O) groups excluding carboxylic acids is 1. The summed E-state index contributed by atoms with van der Waals surface area (Å²) in [5, 5.41) is 5.65. The molecule has 0 radical (unpaired) electrons. The number of benzene rings is 2. The number of ether oxygens (including phenoxy) is 2. The fraction of sp³-hybridized carbons (Fsp3) is 0.259. The Kier molecular flexibility index (Phi) is 6.90. The monoisotopic (exact) mass is 484 g/mol. The summed E-state index contributed by atoms with van der Waals surface area (Å²) in [6.07, 6.45) is 6.51. The number of para-hydroxylation sites is 1. The molecular formula is C27H28N6O3. The molecule has 2 aromatic heterocycles. The molecule has 1 saturated heterocycles. The van der Waals surface area contributed by atoms with E-state index in [1.165, 1.54) is 6.33 Å². The quantitative estimate of drug-likeness (QED) is 0.391. The number of methoxy groups -OCH3 is 1. The van der Waals surface area contributed by atoms with E-state index in [1.54, 1.807) is 19.3 Å². The number of nitrogen functional groups attached to an aromatic ring is 1. The normalized spacial score (nSPS) is 16.0. The predicted octanol–water partition coefficient (Wildman–Crippen LogP) is 4.23. The predicted molar refractivity (Wildman–Crippen MR) is 138 cm³/mol. The highest BCUT2D eigenvalue weighted by Crippen LogP contribution is 2.34. The fourth-order valence-corrected chi connectivity index (χ4v) is 4.46. The van der Waals surface area contributed by atoms with Crippen LogP contribution in [0.1, 0.15) is 18.9 Å². The summed E-state index contributed by atoms with van der Waals surface area (Å²) >= 11 is 0. The number of carbonyl (C=O) groups is 1. The third kappa shape index (κ3) is 4.92. The van der Waals surface area contributed by atoms with Crippen molar-refractivity contribution in [3.05, 3.63) is 73.1 Å². The Morgan fingerprint density at radius 1 is 1.11 bits per heavy atom. The minimum atomic E-state index is -0.0309. The van der Waals surface area contributed by atoms with Gasteiger partial charge < -0.3 is 20.1 Å². The smallest absolute Gasteiger partial charge is 0.246 e. The third-order valence-corrected chi connectivity index (χ3v) is 6.20. The lowest BCUT2D eigenvalue weighted by molar-refractivity contribution is -0.127. The molecule has 3 heterocycles. The summed E-state index contributed by atoms with van der Waals surface area (Å²) in [6.45, 7) is 1.65. The minimum absolute atomic E-state index is 0.0234. The highest BCUT2D eigenvalue weighted by Gasteiger charge is 2.28. The Morgan fingerprint density at radius 2 is 1.89 bits per heavy atom. The molecule has 0 aliphatic carbocycles. The maximum absolute atomic E-state index is 12.7. The molecule has 1 atom stereocenters. The number of hydrogen-bond donors (Lipinski definition) is 1. The molecular weight excluding hydrogens is 456 g/mol. The third-order valence-electron chi connectivity index (χ3n) is 6.20. The van der Waals surface area contributed by atoms with Crippen LogP contribution in [0.4, 0.5) is 5.82 Å². The number of likely N-dealkylation sites (tertiary alicyclic amines) is 1. The van der Waals surface area contributed by atoms with Gasteiger partial charge >= 0.3 is 0 Å². The molecule has 4 aromatic rings. The standard InChI is InChI=1S/C27H28N6O3/c1-35-16-6-10-23(34)32-15-5-7-20(17-32)33-27-24(26(28)29-18-30-27)25(31-33)19-11-13-22(14-12-19)36-21-8-3-2-4-9-21/h2-4,6,8-14,18,20H,5,7,15-17H2,1H3,(H2,28,29,30)/b10-6+/t20-/m1/s1. The van der Waals surface area contributed by atoms with Gasteiger partial charge in [-0.1, -0.05) is 24.3 Å². The first-order valence-corrected chi connectivity index (χ1v) is 11.9. The van der Waals surface area contributed by atoms with E-state index in [1.807, 2.05) is 64.2 Å². The lowest BCUT2D eigenvalue weighted by Crippen LogP contribution is -2.40. The van der Waals surface area contributed by atoms with Crippen LogP contribution in [0.3, 0.4) is 0 Å². The molecule has 0 unspecified atom stereocenters. The van der Waals surface area contributed by atoms with Crippen molar-refractivity contribution in [1.29, 1.82) is 0 Å². The van der Waals surface area contributed by atoms with Gasteiger partial charge in [-0.15, -0.1) is 0 Å². The van der Waals surface area contributed by atoms with E-state index in [2.05, 4.69) is 9.97 Å². The zero-order valence-electron chi connectivity index (χ0n) is 20.1. The molecule has 5 rings (SSSR count). The summed E-state index contributed by atoms with van der Waals surface area (Å²) in [7, 11) is 1.60. The molecule has 0 spiro atoms. The number of anilines is 1. The van der Waals surface area contributed by atoms with Crippen LogP contribution < -0.4 is 10.5 Å². The number of piperidine rings is 1. The van der Waals surface area contributed by atoms with E-state index in [0.29, 0.717) is 42.2 Å². The number of aromatic nitrogens is 4. The molecule has 36 heavy (non-hydrogen) atoms. The zero-order chi connectivity index (χ0) is 24.9. The fourth-order valence-electron chi connectivity index (χ4n) is 4.46. The summed E-state index contributed by atoms with van der Waals surface area (Å²) in [6, 6.07) is 17.3. The molecule has 2 N–H and O–H groups in total.